The smallest absolute Gasteiger partial charge is 0.258 e. The van der Waals surface area contributed by atoms with E-state index in [2.05, 4.69) is 10.6 Å². The Kier molecular flexibility index (Phi) is 5.96. The first-order valence-electron chi connectivity index (χ1n) is 8.55. The maximum Gasteiger partial charge on any atom is 0.258 e. The Balaban J connectivity index is 1.80. The molecule has 2 aromatic carbocycles. The van der Waals surface area contributed by atoms with Crippen molar-refractivity contribution in [1.29, 1.82) is 0 Å². The third-order valence-electron chi connectivity index (χ3n) is 4.26. The van der Waals surface area contributed by atoms with Gasteiger partial charge in [-0.05, 0) is 36.8 Å². The normalized spacial score (nSPS) is 16.5. The van der Waals surface area contributed by atoms with E-state index in [-0.39, 0.29) is 12.1 Å². The summed E-state index contributed by atoms with van der Waals surface area (Å²) in [4.78, 5) is 35.6. The van der Waals surface area contributed by atoms with E-state index < -0.39 is 62.4 Å². The van der Waals surface area contributed by atoms with Gasteiger partial charge in [0.1, 0.15) is 21.7 Å². The van der Waals surface area contributed by atoms with Crippen molar-refractivity contribution in [3.8, 4) is 0 Å². The van der Waals surface area contributed by atoms with Crippen LogP contribution in [0.15, 0.2) is 30.3 Å². The lowest BCUT2D eigenvalue weighted by molar-refractivity contribution is -0.117. The number of alkyl halides is 2. The summed E-state index contributed by atoms with van der Waals surface area (Å²) >= 11 is 11.7. The van der Waals surface area contributed by atoms with Crippen molar-refractivity contribution in [2.24, 2.45) is 5.92 Å². The average Bonchev–Trinajstić information content (AvgIpc) is 3.31. The van der Waals surface area contributed by atoms with Crippen molar-refractivity contribution >= 4 is 58.0 Å². The van der Waals surface area contributed by atoms with Gasteiger partial charge in [-0.15, -0.1) is 23.2 Å². The highest BCUT2D eigenvalue weighted by Crippen LogP contribution is 2.53. The van der Waals surface area contributed by atoms with Gasteiger partial charge < -0.3 is 16.0 Å². The zero-order valence-corrected chi connectivity index (χ0v) is 16.8. The predicted octanol–water partition coefficient (Wildman–Crippen LogP) is 4.45. The third kappa shape index (κ3) is 4.68. The van der Waals surface area contributed by atoms with Crippen LogP contribution in [-0.2, 0) is 9.59 Å². The van der Waals surface area contributed by atoms with Crippen molar-refractivity contribution in [1.82, 2.24) is 0 Å². The second kappa shape index (κ2) is 8.16. The average molecular weight is 460 g/mol. The van der Waals surface area contributed by atoms with E-state index in [0.717, 1.165) is 31.2 Å². The minimum atomic E-state index is -1.24. The highest BCUT2D eigenvalue weighted by molar-refractivity contribution is 6.52. The topological polar surface area (TPSA) is 87.3 Å². The molecular formula is C19H14Cl2F3N3O3. The maximum absolute atomic E-state index is 14.4. The molecule has 0 heterocycles. The molecule has 0 aromatic heterocycles. The molecule has 1 aliphatic carbocycles. The quantitative estimate of drug-likeness (QED) is 0.577. The Morgan fingerprint density at radius 3 is 2.23 bits per heavy atom. The molecule has 1 aliphatic rings. The van der Waals surface area contributed by atoms with Crippen molar-refractivity contribution in [3.63, 3.8) is 0 Å². The molecule has 1 saturated carbocycles. The van der Waals surface area contributed by atoms with Crippen molar-refractivity contribution in [3.05, 3.63) is 53.3 Å². The molecule has 1 atom stereocenters. The lowest BCUT2D eigenvalue weighted by Gasteiger charge is -2.12. The summed E-state index contributed by atoms with van der Waals surface area (Å²) in [5.41, 5.74) is -1.64. The number of amides is 3. The van der Waals surface area contributed by atoms with Crippen LogP contribution in [0.2, 0.25) is 0 Å². The van der Waals surface area contributed by atoms with Crippen LogP contribution < -0.4 is 16.0 Å². The Morgan fingerprint density at radius 1 is 1.00 bits per heavy atom. The Bertz CT molecular complexity index is 1060. The number of hydrogen-bond acceptors (Lipinski definition) is 3. The number of carbonyl (C=O) groups excluding carboxylic acids is 3. The summed E-state index contributed by atoms with van der Waals surface area (Å²) in [6, 6.07) is 4.97. The van der Waals surface area contributed by atoms with Crippen LogP contribution in [0.25, 0.3) is 0 Å². The molecule has 3 amide bonds. The van der Waals surface area contributed by atoms with Gasteiger partial charge in [0.05, 0.1) is 17.2 Å². The van der Waals surface area contributed by atoms with Crippen molar-refractivity contribution < 1.29 is 27.6 Å². The van der Waals surface area contributed by atoms with Gasteiger partial charge in [0, 0.05) is 12.6 Å². The Morgan fingerprint density at radius 2 is 1.63 bits per heavy atom. The number of hydrogen-bond donors (Lipinski definition) is 3. The van der Waals surface area contributed by atoms with Gasteiger partial charge in [-0.3, -0.25) is 14.4 Å². The molecule has 0 radical (unpaired) electrons. The lowest BCUT2D eigenvalue weighted by atomic mass is 10.1. The molecule has 30 heavy (non-hydrogen) atoms. The van der Waals surface area contributed by atoms with E-state index in [0.29, 0.717) is 0 Å². The van der Waals surface area contributed by atoms with Crippen LogP contribution >= 0.6 is 23.2 Å². The number of halogens is 5. The zero-order chi connectivity index (χ0) is 22.2. The van der Waals surface area contributed by atoms with Gasteiger partial charge in [0.15, 0.2) is 5.82 Å². The molecule has 2 aromatic rings. The minimum absolute atomic E-state index is 0.0982. The first-order valence-corrected chi connectivity index (χ1v) is 9.30. The van der Waals surface area contributed by atoms with Gasteiger partial charge >= 0.3 is 0 Å². The molecule has 11 heteroatoms. The zero-order valence-electron chi connectivity index (χ0n) is 15.3. The van der Waals surface area contributed by atoms with E-state index in [9.17, 15) is 27.6 Å². The van der Waals surface area contributed by atoms with Crippen LogP contribution in [0, 0.1) is 23.4 Å². The van der Waals surface area contributed by atoms with E-state index in [1.807, 2.05) is 5.32 Å². The second-order valence-corrected chi connectivity index (χ2v) is 8.16. The standard InChI is InChI=1S/C19H14Cl2F3N3O3/c1-8(28)25-16-13(23)4-5-14(15(16)24)27-17(29)10-6-9(2-3-12(10)22)26-18(30)11-7-19(11,20)21/h2-6,11H,7H2,1H3,(H,25,28)(H,26,30)(H,27,29)/t11-/m1/s1. The molecule has 0 spiro atoms. The monoisotopic (exact) mass is 459 g/mol. The van der Waals surface area contributed by atoms with E-state index in [1.54, 1.807) is 0 Å². The number of nitrogens with one attached hydrogen (secondary N) is 3. The van der Waals surface area contributed by atoms with Crippen LogP contribution in [0.1, 0.15) is 23.7 Å². The molecule has 0 aliphatic heterocycles. The molecule has 3 rings (SSSR count). The van der Waals surface area contributed by atoms with E-state index >= 15 is 0 Å². The van der Waals surface area contributed by atoms with Crippen molar-refractivity contribution in [2.45, 2.75) is 17.7 Å². The van der Waals surface area contributed by atoms with E-state index in [1.165, 1.54) is 6.07 Å². The predicted molar refractivity (Wildman–Crippen MR) is 106 cm³/mol. The SMILES string of the molecule is CC(=O)Nc1c(F)ccc(NC(=O)c2cc(NC(=O)[C@H]3CC3(Cl)Cl)ccc2F)c1F. The number of rotatable bonds is 5. The molecule has 0 saturated heterocycles. The lowest BCUT2D eigenvalue weighted by Crippen LogP contribution is -2.19. The molecule has 1 fully saturated rings. The van der Waals surface area contributed by atoms with Crippen molar-refractivity contribution in [2.75, 3.05) is 16.0 Å². The molecule has 0 bridgehead atoms. The molecular weight excluding hydrogens is 446 g/mol. The summed E-state index contributed by atoms with van der Waals surface area (Å²) in [6.07, 6.45) is 0.261. The number of carbonyl (C=O) groups is 3. The largest absolute Gasteiger partial charge is 0.326 e. The van der Waals surface area contributed by atoms with Gasteiger partial charge in [0.2, 0.25) is 11.8 Å². The van der Waals surface area contributed by atoms with Crippen LogP contribution in [0.4, 0.5) is 30.2 Å². The Labute approximate surface area is 178 Å². The first kappa shape index (κ1) is 21.9. The fourth-order valence-electron chi connectivity index (χ4n) is 2.63. The van der Waals surface area contributed by atoms with E-state index in [4.69, 9.17) is 23.2 Å². The van der Waals surface area contributed by atoms with Crippen LogP contribution in [-0.4, -0.2) is 22.1 Å². The second-order valence-electron chi connectivity index (χ2n) is 6.62. The summed E-state index contributed by atoms with van der Waals surface area (Å²) in [7, 11) is 0. The van der Waals surface area contributed by atoms with Gasteiger partial charge in [-0.2, -0.15) is 0 Å². The van der Waals surface area contributed by atoms with Crippen LogP contribution in [0.5, 0.6) is 0 Å². The highest BCUT2D eigenvalue weighted by Gasteiger charge is 2.56. The minimum Gasteiger partial charge on any atom is -0.326 e. The maximum atomic E-state index is 14.4. The molecule has 6 nitrogen and oxygen atoms in total. The van der Waals surface area contributed by atoms with Gasteiger partial charge in [0.25, 0.3) is 5.91 Å². The molecule has 158 valence electrons. The van der Waals surface area contributed by atoms with Gasteiger partial charge in [-0.25, -0.2) is 13.2 Å². The highest BCUT2D eigenvalue weighted by atomic mass is 35.5. The number of benzene rings is 2. The third-order valence-corrected chi connectivity index (χ3v) is 5.10. The Hall–Kier alpha value is -2.78. The summed E-state index contributed by atoms with van der Waals surface area (Å²) < 4.78 is 41.2. The first-order chi connectivity index (χ1) is 14.0. The van der Waals surface area contributed by atoms with Gasteiger partial charge in [-0.1, -0.05) is 0 Å². The fourth-order valence-corrected chi connectivity index (χ4v) is 3.14. The summed E-state index contributed by atoms with van der Waals surface area (Å²) in [5, 5.41) is 6.56. The van der Waals surface area contributed by atoms with Crippen LogP contribution in [0.3, 0.4) is 0 Å². The summed E-state index contributed by atoms with van der Waals surface area (Å²) in [6.45, 7) is 1.05. The molecule has 0 unspecified atom stereocenters. The fraction of sp³-hybridized carbons (Fsp3) is 0.211. The number of anilines is 3. The molecule has 3 N–H and O–H groups in total. The summed E-state index contributed by atoms with van der Waals surface area (Å²) in [5.74, 6) is -6.14.